The van der Waals surface area contributed by atoms with Crippen molar-refractivity contribution in [2.24, 2.45) is 0 Å². The zero-order valence-electron chi connectivity index (χ0n) is 14.3. The number of hydrogen-bond acceptors (Lipinski definition) is 0. The summed E-state index contributed by atoms with van der Waals surface area (Å²) in [4.78, 5) is 0. The van der Waals surface area contributed by atoms with Gasteiger partial charge in [0, 0.05) is 0 Å². The Kier molecular flexibility index (Phi) is 8.12. The van der Waals surface area contributed by atoms with Crippen LogP contribution in [0.5, 0.6) is 0 Å². The van der Waals surface area contributed by atoms with E-state index in [0.29, 0.717) is 5.92 Å². The van der Waals surface area contributed by atoms with Crippen LogP contribution in [0.15, 0.2) is 54.6 Å². The van der Waals surface area contributed by atoms with E-state index in [-0.39, 0.29) is 41.1 Å². The summed E-state index contributed by atoms with van der Waals surface area (Å²) in [5.41, 5.74) is 5.37. The van der Waals surface area contributed by atoms with Crippen molar-refractivity contribution < 1.29 is 26.2 Å². The van der Waals surface area contributed by atoms with Gasteiger partial charge in [-0.3, -0.25) is 0 Å². The molecule has 0 unspecified atom stereocenters. The maximum absolute atomic E-state index is 2.34. The first-order valence-corrected chi connectivity index (χ1v) is 6.91. The summed E-state index contributed by atoms with van der Waals surface area (Å²) >= 11 is 0. The van der Waals surface area contributed by atoms with E-state index in [9.17, 15) is 0 Å². The van der Waals surface area contributed by atoms with Crippen molar-refractivity contribution in [3.63, 3.8) is 0 Å². The van der Waals surface area contributed by atoms with Gasteiger partial charge < -0.3 is 14.9 Å². The number of aryl methyl sites for hydroxylation is 1. The van der Waals surface area contributed by atoms with Crippen LogP contribution in [0.3, 0.4) is 0 Å². The molecule has 0 aliphatic carbocycles. The summed E-state index contributed by atoms with van der Waals surface area (Å²) in [5.74, 6) is 0.582. The van der Waals surface area contributed by atoms with E-state index in [0.717, 1.165) is 0 Å². The third-order valence-corrected chi connectivity index (χ3v) is 3.80. The van der Waals surface area contributed by atoms with Gasteiger partial charge in [0.25, 0.3) is 0 Å². The standard InChI is InChI=1S/C19H19.2CH3.Zr/c1-13(2)17-11-16-5-4-6-18(19(16)12-17)15-9-7-14(3)8-10-15;;;/h4-13H,1-3H3;2*1H3;/q3*-1;+3. The fraction of sp³-hybridized carbons (Fsp3) is 0.190. The smallest absolute Gasteiger partial charge is 0.358 e. The normalized spacial score (nSPS) is 9.82. The minimum atomic E-state index is 0. The average Bonchev–Trinajstić information content (AvgIpc) is 2.83. The molecule has 3 rings (SSSR count). The van der Waals surface area contributed by atoms with Gasteiger partial charge in [-0.25, -0.2) is 0 Å². The number of rotatable bonds is 2. The predicted molar refractivity (Wildman–Crippen MR) is 96.6 cm³/mol. The van der Waals surface area contributed by atoms with Gasteiger partial charge in [-0.1, -0.05) is 55.3 Å². The molecule has 0 saturated heterocycles. The van der Waals surface area contributed by atoms with E-state index in [1.54, 1.807) is 0 Å². The third-order valence-electron chi connectivity index (χ3n) is 3.80. The molecule has 0 spiro atoms. The van der Waals surface area contributed by atoms with Gasteiger partial charge >= 0.3 is 26.2 Å². The van der Waals surface area contributed by atoms with Crippen LogP contribution in [0.4, 0.5) is 0 Å². The number of fused-ring (bicyclic) bond motifs is 1. The molecule has 3 aromatic rings. The number of hydrogen-bond donors (Lipinski definition) is 0. The first kappa shape index (κ1) is 20.9. The summed E-state index contributed by atoms with van der Waals surface area (Å²) in [6.07, 6.45) is 0. The second kappa shape index (κ2) is 8.54. The van der Waals surface area contributed by atoms with Gasteiger partial charge in [-0.2, -0.15) is 6.07 Å². The van der Waals surface area contributed by atoms with Crippen molar-refractivity contribution in [2.45, 2.75) is 26.7 Å². The van der Waals surface area contributed by atoms with Crippen LogP contribution < -0.4 is 0 Å². The summed E-state index contributed by atoms with van der Waals surface area (Å²) in [7, 11) is 0. The first-order valence-electron chi connectivity index (χ1n) is 6.91. The molecular weight excluding hydrogens is 343 g/mol. The van der Waals surface area contributed by atoms with E-state index in [1.807, 2.05) is 0 Å². The minimum absolute atomic E-state index is 0. The minimum Gasteiger partial charge on any atom is -0.358 e. The largest absolute Gasteiger partial charge is 3.00 e. The van der Waals surface area contributed by atoms with Crippen molar-refractivity contribution in [2.75, 3.05) is 0 Å². The Morgan fingerprint density at radius 2 is 1.55 bits per heavy atom. The van der Waals surface area contributed by atoms with Gasteiger partial charge in [-0.15, -0.1) is 34.5 Å². The summed E-state index contributed by atoms with van der Waals surface area (Å²) in [5, 5.41) is 2.72. The van der Waals surface area contributed by atoms with E-state index in [4.69, 9.17) is 0 Å². The fourth-order valence-corrected chi connectivity index (χ4v) is 2.58. The number of benzene rings is 2. The van der Waals surface area contributed by atoms with E-state index in [1.165, 1.54) is 33.0 Å². The van der Waals surface area contributed by atoms with Crippen molar-refractivity contribution >= 4 is 10.8 Å². The monoisotopic (exact) mass is 367 g/mol. The molecule has 1 heteroatoms. The molecule has 1 radical (unpaired) electrons. The fourth-order valence-electron chi connectivity index (χ4n) is 2.58. The summed E-state index contributed by atoms with van der Waals surface area (Å²) in [6.45, 7) is 6.63. The topological polar surface area (TPSA) is 0 Å². The molecule has 0 bridgehead atoms. The molecule has 0 nitrogen and oxygen atoms in total. The van der Waals surface area contributed by atoms with Crippen LogP contribution >= 0.6 is 0 Å². The molecule has 3 aromatic carbocycles. The molecule has 0 aromatic heterocycles. The first-order chi connectivity index (χ1) is 9.15. The zero-order valence-corrected chi connectivity index (χ0v) is 16.7. The second-order valence-electron chi connectivity index (χ2n) is 5.62. The maximum Gasteiger partial charge on any atom is 3.00 e. The molecule has 0 aliphatic rings. The van der Waals surface area contributed by atoms with Crippen molar-refractivity contribution in [3.8, 4) is 11.1 Å². The molecule has 0 amide bonds. The Morgan fingerprint density at radius 3 is 2.14 bits per heavy atom. The Balaban J connectivity index is 0.00000147. The molecule has 0 fully saturated rings. The molecule has 0 saturated carbocycles. The summed E-state index contributed by atoms with van der Waals surface area (Å²) in [6, 6.07) is 20.0. The molecule has 0 heterocycles. The van der Waals surface area contributed by atoms with Crippen molar-refractivity contribution in [1.82, 2.24) is 0 Å². The van der Waals surface area contributed by atoms with Gasteiger partial charge in [-0.05, 0) is 18.4 Å². The van der Waals surface area contributed by atoms with Crippen LogP contribution in [0.2, 0.25) is 0 Å². The maximum atomic E-state index is 2.34. The van der Waals surface area contributed by atoms with E-state index < -0.39 is 0 Å². The molecule has 0 aliphatic heterocycles. The van der Waals surface area contributed by atoms with Crippen LogP contribution in [-0.2, 0) is 26.2 Å². The van der Waals surface area contributed by atoms with Gasteiger partial charge in [0.15, 0.2) is 0 Å². The predicted octanol–water partition coefficient (Wildman–Crippen LogP) is 6.56. The van der Waals surface area contributed by atoms with Crippen molar-refractivity contribution in [1.29, 1.82) is 0 Å². The molecule has 113 valence electrons. The van der Waals surface area contributed by atoms with E-state index in [2.05, 4.69) is 75.4 Å². The molecule has 0 N–H and O–H groups in total. The van der Waals surface area contributed by atoms with Gasteiger partial charge in [0.1, 0.15) is 0 Å². The molecule has 0 atom stereocenters. The van der Waals surface area contributed by atoms with Crippen molar-refractivity contribution in [3.05, 3.63) is 80.6 Å². The average molecular weight is 369 g/mol. The molecular formula is C21H25Zr. The Bertz CT molecular complexity index is 702. The third kappa shape index (κ3) is 4.02. The van der Waals surface area contributed by atoms with Gasteiger partial charge in [0.05, 0.1) is 0 Å². The SMILES string of the molecule is Cc1ccc(-c2cccc3[cH-]c(C(C)C)cc23)cc1.[CH3-].[CH3-].[Zr+3]. The van der Waals surface area contributed by atoms with Crippen LogP contribution in [-0.4, -0.2) is 0 Å². The Hall–Kier alpha value is -1.07. The molecule has 22 heavy (non-hydrogen) atoms. The zero-order chi connectivity index (χ0) is 13.4. The van der Waals surface area contributed by atoms with Gasteiger partial charge in [0.2, 0.25) is 0 Å². The summed E-state index contributed by atoms with van der Waals surface area (Å²) < 4.78 is 0. The van der Waals surface area contributed by atoms with E-state index >= 15 is 0 Å². The van der Waals surface area contributed by atoms with Crippen LogP contribution in [0, 0.1) is 21.8 Å². The van der Waals surface area contributed by atoms with Crippen LogP contribution in [0.25, 0.3) is 21.9 Å². The van der Waals surface area contributed by atoms with Crippen LogP contribution in [0.1, 0.15) is 30.9 Å². The Labute approximate surface area is 155 Å². The quantitative estimate of drug-likeness (QED) is 0.450. The second-order valence-corrected chi connectivity index (χ2v) is 5.62. The Morgan fingerprint density at radius 1 is 0.909 bits per heavy atom.